The monoisotopic (exact) mass is 359 g/mol. The Morgan fingerprint density at radius 3 is 2.80 bits per heavy atom. The normalized spacial score (nSPS) is 15.4. The fraction of sp³-hybridized carbons (Fsp3) is 0.350. The number of aryl methyl sites for hydroxylation is 1. The molecule has 0 bridgehead atoms. The molecule has 25 heavy (non-hydrogen) atoms. The van der Waals surface area contributed by atoms with Crippen LogP contribution in [0.3, 0.4) is 0 Å². The van der Waals surface area contributed by atoms with Crippen LogP contribution >= 0.6 is 11.6 Å². The number of carbonyl (C=O) groups is 1. The van der Waals surface area contributed by atoms with Crippen LogP contribution in [0, 0.1) is 0 Å². The van der Waals surface area contributed by atoms with Crippen LogP contribution in [-0.4, -0.2) is 18.6 Å². The molecule has 0 saturated carbocycles. The van der Waals surface area contributed by atoms with Crippen LogP contribution in [0.5, 0.6) is 11.5 Å². The van der Waals surface area contributed by atoms with Gasteiger partial charge in [0.05, 0.1) is 12.3 Å². The third-order valence-electron chi connectivity index (χ3n) is 4.13. The van der Waals surface area contributed by atoms with Crippen molar-refractivity contribution >= 4 is 23.2 Å². The maximum absolute atomic E-state index is 12.3. The molecular formula is C20H22ClNO3. The van der Waals surface area contributed by atoms with Crippen molar-refractivity contribution in [3.05, 3.63) is 52.5 Å². The average Bonchev–Trinajstić information content (AvgIpc) is 2.94. The number of hydrogen-bond donors (Lipinski definition) is 1. The molecule has 0 saturated heterocycles. The summed E-state index contributed by atoms with van der Waals surface area (Å²) in [5, 5.41) is 3.65. The molecule has 1 amide bonds. The zero-order valence-electron chi connectivity index (χ0n) is 14.5. The van der Waals surface area contributed by atoms with E-state index in [1.807, 2.05) is 50.2 Å². The van der Waals surface area contributed by atoms with Gasteiger partial charge in [-0.25, -0.2) is 0 Å². The Morgan fingerprint density at radius 1 is 1.32 bits per heavy atom. The molecular weight excluding hydrogens is 338 g/mol. The zero-order chi connectivity index (χ0) is 17.8. The van der Waals surface area contributed by atoms with Gasteiger partial charge in [-0.1, -0.05) is 23.7 Å². The summed E-state index contributed by atoms with van der Waals surface area (Å²) in [5.74, 6) is 1.46. The van der Waals surface area contributed by atoms with Gasteiger partial charge in [0, 0.05) is 29.5 Å². The molecule has 5 heteroatoms. The SMILES string of the molecule is CCOc1cc2c(cc1NC(=O)CCc1ccc(Cl)cc1)OC(C)C2. The molecule has 1 N–H and O–H groups in total. The van der Waals surface area contributed by atoms with Gasteiger partial charge >= 0.3 is 0 Å². The van der Waals surface area contributed by atoms with Gasteiger partial charge in [-0.3, -0.25) is 4.79 Å². The number of rotatable bonds is 6. The number of fused-ring (bicyclic) bond motifs is 1. The minimum Gasteiger partial charge on any atom is -0.492 e. The van der Waals surface area contributed by atoms with Gasteiger partial charge in [-0.05, 0) is 44.0 Å². The molecule has 132 valence electrons. The fourth-order valence-corrected chi connectivity index (χ4v) is 3.06. The third kappa shape index (κ3) is 4.45. The summed E-state index contributed by atoms with van der Waals surface area (Å²) in [6.07, 6.45) is 2.06. The van der Waals surface area contributed by atoms with Crippen LogP contribution in [0.4, 0.5) is 5.69 Å². The lowest BCUT2D eigenvalue weighted by atomic mass is 10.1. The minimum atomic E-state index is -0.0538. The number of benzene rings is 2. The first-order valence-electron chi connectivity index (χ1n) is 8.56. The summed E-state index contributed by atoms with van der Waals surface area (Å²) in [7, 11) is 0. The number of amides is 1. The van der Waals surface area contributed by atoms with Crippen molar-refractivity contribution < 1.29 is 14.3 Å². The van der Waals surface area contributed by atoms with E-state index in [9.17, 15) is 4.79 Å². The molecule has 1 aliphatic heterocycles. The first-order valence-corrected chi connectivity index (χ1v) is 8.93. The van der Waals surface area contributed by atoms with E-state index >= 15 is 0 Å². The quantitative estimate of drug-likeness (QED) is 0.817. The first kappa shape index (κ1) is 17.6. The highest BCUT2D eigenvalue weighted by Crippen LogP contribution is 2.38. The Kier molecular flexibility index (Phi) is 5.49. The predicted molar refractivity (Wildman–Crippen MR) is 99.8 cm³/mol. The largest absolute Gasteiger partial charge is 0.492 e. The lowest BCUT2D eigenvalue weighted by Gasteiger charge is -2.13. The van der Waals surface area contributed by atoms with Crippen molar-refractivity contribution in [2.45, 2.75) is 39.2 Å². The Hall–Kier alpha value is -2.20. The summed E-state index contributed by atoms with van der Waals surface area (Å²) in [6.45, 7) is 4.51. The molecule has 1 heterocycles. The lowest BCUT2D eigenvalue weighted by molar-refractivity contribution is -0.116. The second kappa shape index (κ2) is 7.79. The van der Waals surface area contributed by atoms with Gasteiger partial charge in [0.2, 0.25) is 5.91 Å². The molecule has 4 nitrogen and oxygen atoms in total. The maximum Gasteiger partial charge on any atom is 0.224 e. The Balaban J connectivity index is 1.67. The first-order chi connectivity index (χ1) is 12.0. The predicted octanol–water partition coefficient (Wildman–Crippen LogP) is 4.63. The summed E-state index contributed by atoms with van der Waals surface area (Å²) in [6, 6.07) is 11.4. The van der Waals surface area contributed by atoms with E-state index in [4.69, 9.17) is 21.1 Å². The maximum atomic E-state index is 12.3. The molecule has 2 aromatic carbocycles. The highest BCUT2D eigenvalue weighted by Gasteiger charge is 2.22. The molecule has 1 aliphatic rings. The third-order valence-corrected chi connectivity index (χ3v) is 4.38. The topological polar surface area (TPSA) is 47.6 Å². The van der Waals surface area contributed by atoms with Crippen LogP contribution < -0.4 is 14.8 Å². The molecule has 1 unspecified atom stereocenters. The van der Waals surface area contributed by atoms with E-state index in [-0.39, 0.29) is 12.0 Å². The fourth-order valence-electron chi connectivity index (χ4n) is 2.93. The van der Waals surface area contributed by atoms with Crippen LogP contribution in [0.15, 0.2) is 36.4 Å². The number of hydrogen-bond acceptors (Lipinski definition) is 3. The van der Waals surface area contributed by atoms with Gasteiger partial charge in [0.25, 0.3) is 0 Å². The molecule has 0 aliphatic carbocycles. The number of anilines is 1. The zero-order valence-corrected chi connectivity index (χ0v) is 15.2. The number of ether oxygens (including phenoxy) is 2. The van der Waals surface area contributed by atoms with Gasteiger partial charge in [-0.15, -0.1) is 0 Å². The number of halogens is 1. The molecule has 0 fully saturated rings. The Bertz CT molecular complexity index is 758. The smallest absolute Gasteiger partial charge is 0.224 e. The Labute approximate surface area is 153 Å². The summed E-state index contributed by atoms with van der Waals surface area (Å²) >= 11 is 5.88. The summed E-state index contributed by atoms with van der Waals surface area (Å²) < 4.78 is 11.5. The minimum absolute atomic E-state index is 0.0538. The van der Waals surface area contributed by atoms with Crippen molar-refractivity contribution in [2.24, 2.45) is 0 Å². The second-order valence-corrected chi connectivity index (χ2v) is 6.63. The van der Waals surface area contributed by atoms with E-state index in [1.54, 1.807) is 0 Å². The molecule has 0 spiro atoms. The van der Waals surface area contributed by atoms with Crippen molar-refractivity contribution in [3.8, 4) is 11.5 Å². The van der Waals surface area contributed by atoms with E-state index in [2.05, 4.69) is 5.32 Å². The van der Waals surface area contributed by atoms with E-state index < -0.39 is 0 Å². The van der Waals surface area contributed by atoms with Crippen LogP contribution in [-0.2, 0) is 17.6 Å². The van der Waals surface area contributed by atoms with Crippen molar-refractivity contribution in [1.82, 2.24) is 0 Å². The van der Waals surface area contributed by atoms with Gasteiger partial charge < -0.3 is 14.8 Å². The van der Waals surface area contributed by atoms with Crippen LogP contribution in [0.2, 0.25) is 5.02 Å². The molecule has 0 radical (unpaired) electrons. The second-order valence-electron chi connectivity index (χ2n) is 6.20. The van der Waals surface area contributed by atoms with Gasteiger partial charge in [-0.2, -0.15) is 0 Å². The van der Waals surface area contributed by atoms with Crippen molar-refractivity contribution in [2.75, 3.05) is 11.9 Å². The van der Waals surface area contributed by atoms with Crippen LogP contribution in [0.1, 0.15) is 31.4 Å². The molecule has 2 aromatic rings. The Morgan fingerprint density at radius 2 is 2.08 bits per heavy atom. The van der Waals surface area contributed by atoms with Gasteiger partial charge in [0.15, 0.2) is 0 Å². The standard InChI is InChI=1S/C20H22ClNO3/c1-3-24-19-11-15-10-13(2)25-18(15)12-17(19)22-20(23)9-6-14-4-7-16(21)8-5-14/h4-5,7-8,11-13H,3,6,9-10H2,1-2H3,(H,22,23). The van der Waals surface area contributed by atoms with Crippen LogP contribution in [0.25, 0.3) is 0 Å². The molecule has 1 atom stereocenters. The highest BCUT2D eigenvalue weighted by molar-refractivity contribution is 6.30. The molecule has 3 rings (SSSR count). The average molecular weight is 360 g/mol. The summed E-state index contributed by atoms with van der Waals surface area (Å²) in [5.41, 5.74) is 2.86. The van der Waals surface area contributed by atoms with Gasteiger partial charge in [0.1, 0.15) is 17.6 Å². The van der Waals surface area contributed by atoms with Crippen molar-refractivity contribution in [3.63, 3.8) is 0 Å². The van der Waals surface area contributed by atoms with E-state index in [0.29, 0.717) is 35.9 Å². The van der Waals surface area contributed by atoms with E-state index in [0.717, 1.165) is 23.3 Å². The lowest BCUT2D eigenvalue weighted by Crippen LogP contribution is -2.13. The number of carbonyl (C=O) groups excluding carboxylic acids is 1. The highest BCUT2D eigenvalue weighted by atomic mass is 35.5. The number of nitrogens with one attached hydrogen (secondary N) is 1. The summed E-state index contributed by atoms with van der Waals surface area (Å²) in [4.78, 5) is 12.3. The molecule has 0 aromatic heterocycles. The van der Waals surface area contributed by atoms with Crippen molar-refractivity contribution in [1.29, 1.82) is 0 Å². The van der Waals surface area contributed by atoms with E-state index in [1.165, 1.54) is 0 Å².